The topological polar surface area (TPSA) is 75.7 Å². The summed E-state index contributed by atoms with van der Waals surface area (Å²) in [6.45, 7) is 3.35. The molecule has 0 aliphatic carbocycles. The lowest BCUT2D eigenvalue weighted by molar-refractivity contribution is 0.0953. The highest BCUT2D eigenvalue weighted by Crippen LogP contribution is 2.24. The van der Waals surface area contributed by atoms with E-state index in [1.54, 1.807) is 26.2 Å². The van der Waals surface area contributed by atoms with Gasteiger partial charge in [-0.25, -0.2) is 8.42 Å². The fourth-order valence-electron chi connectivity index (χ4n) is 3.58. The first-order chi connectivity index (χ1) is 13.9. The number of nitrogens with one attached hydrogen (secondary N) is 1. The van der Waals surface area contributed by atoms with Crippen LogP contribution in [-0.4, -0.2) is 45.4 Å². The van der Waals surface area contributed by atoms with Crippen molar-refractivity contribution in [2.75, 3.05) is 26.7 Å². The molecule has 0 unspecified atom stereocenters. The number of hydrogen-bond acceptors (Lipinski definition) is 4. The fourth-order valence-corrected chi connectivity index (χ4v) is 5.35. The predicted molar refractivity (Wildman–Crippen MR) is 113 cm³/mol. The van der Waals surface area contributed by atoms with E-state index in [9.17, 15) is 13.2 Å². The molecule has 0 radical (unpaired) electrons. The van der Waals surface area contributed by atoms with Crippen LogP contribution in [0.5, 0.6) is 5.75 Å². The molecule has 0 atom stereocenters. The van der Waals surface area contributed by atoms with Crippen molar-refractivity contribution in [3.8, 4) is 5.75 Å². The highest BCUT2D eigenvalue weighted by atomic mass is 32.2. The number of ether oxygens (including phenoxy) is 1. The molecule has 1 fully saturated rings. The Labute approximate surface area is 172 Å². The number of sulfonamides is 1. The van der Waals surface area contributed by atoms with Crippen molar-refractivity contribution >= 4 is 15.9 Å². The molecule has 1 amide bonds. The number of rotatable bonds is 8. The third-order valence-electron chi connectivity index (χ3n) is 5.23. The number of methoxy groups -OCH3 is 1. The second kappa shape index (κ2) is 9.41. The first-order valence-corrected chi connectivity index (χ1v) is 11.4. The molecule has 156 valence electrons. The Balaban J connectivity index is 1.62. The van der Waals surface area contributed by atoms with Gasteiger partial charge >= 0.3 is 0 Å². The molecule has 1 aliphatic rings. The third-order valence-corrected chi connectivity index (χ3v) is 7.27. The van der Waals surface area contributed by atoms with Crippen molar-refractivity contribution in [3.63, 3.8) is 0 Å². The van der Waals surface area contributed by atoms with Gasteiger partial charge in [-0.1, -0.05) is 24.3 Å². The molecule has 0 spiro atoms. The fraction of sp³-hybridized carbons (Fsp3) is 0.409. The summed E-state index contributed by atoms with van der Waals surface area (Å²) in [6.07, 6.45) is 3.30. The Morgan fingerprint density at radius 1 is 1.14 bits per heavy atom. The summed E-state index contributed by atoms with van der Waals surface area (Å²) in [7, 11) is -1.91. The van der Waals surface area contributed by atoms with E-state index < -0.39 is 10.0 Å². The molecule has 2 aromatic carbocycles. The maximum Gasteiger partial charge on any atom is 0.251 e. The zero-order valence-electron chi connectivity index (χ0n) is 17.0. The zero-order valence-corrected chi connectivity index (χ0v) is 17.8. The number of carbonyl (C=O) groups is 1. The number of para-hydroxylation sites is 1. The van der Waals surface area contributed by atoms with E-state index in [4.69, 9.17) is 4.74 Å². The van der Waals surface area contributed by atoms with Gasteiger partial charge in [0, 0.05) is 25.2 Å². The van der Waals surface area contributed by atoms with E-state index in [1.807, 2.05) is 24.3 Å². The number of benzene rings is 2. The summed E-state index contributed by atoms with van der Waals surface area (Å²) in [6, 6.07) is 12.7. The van der Waals surface area contributed by atoms with E-state index in [0.29, 0.717) is 30.8 Å². The molecule has 0 saturated carbocycles. The number of nitrogens with zero attached hydrogens (tertiary/aromatic N) is 1. The van der Waals surface area contributed by atoms with Crippen LogP contribution >= 0.6 is 0 Å². The first-order valence-electron chi connectivity index (χ1n) is 9.94. The number of carbonyl (C=O) groups excluding carboxylic acids is 1. The van der Waals surface area contributed by atoms with E-state index in [0.717, 1.165) is 37.0 Å². The maximum absolute atomic E-state index is 12.9. The third kappa shape index (κ3) is 4.97. The van der Waals surface area contributed by atoms with Crippen LogP contribution < -0.4 is 10.1 Å². The molecule has 1 saturated heterocycles. The average molecular weight is 417 g/mol. The molecule has 2 aromatic rings. The van der Waals surface area contributed by atoms with Gasteiger partial charge in [-0.3, -0.25) is 4.79 Å². The summed E-state index contributed by atoms with van der Waals surface area (Å²) in [5.74, 6) is 0.581. The highest BCUT2D eigenvalue weighted by molar-refractivity contribution is 7.89. The van der Waals surface area contributed by atoms with Crippen LogP contribution in [0.15, 0.2) is 47.4 Å². The smallest absolute Gasteiger partial charge is 0.251 e. The van der Waals surface area contributed by atoms with E-state index in [-0.39, 0.29) is 10.8 Å². The molecule has 0 bridgehead atoms. The van der Waals surface area contributed by atoms with Gasteiger partial charge in [-0.05, 0) is 61.9 Å². The van der Waals surface area contributed by atoms with Crippen LogP contribution in [-0.2, 0) is 16.4 Å². The summed E-state index contributed by atoms with van der Waals surface area (Å²) >= 11 is 0. The lowest BCUT2D eigenvalue weighted by atomic mass is 10.1. The van der Waals surface area contributed by atoms with Gasteiger partial charge in [-0.15, -0.1) is 0 Å². The Morgan fingerprint density at radius 3 is 2.59 bits per heavy atom. The molecule has 1 aliphatic heterocycles. The summed E-state index contributed by atoms with van der Waals surface area (Å²) in [5.41, 5.74) is 2.12. The Bertz CT molecular complexity index is 967. The summed E-state index contributed by atoms with van der Waals surface area (Å²) < 4.78 is 32.6. The lowest BCUT2D eigenvalue weighted by Gasteiger charge is -2.18. The van der Waals surface area contributed by atoms with Crippen LogP contribution in [0.3, 0.4) is 0 Å². The number of amides is 1. The van der Waals surface area contributed by atoms with Gasteiger partial charge in [0.1, 0.15) is 5.75 Å². The summed E-state index contributed by atoms with van der Waals surface area (Å²) in [5, 5.41) is 2.89. The molecule has 3 rings (SSSR count). The Kier molecular flexibility index (Phi) is 6.92. The van der Waals surface area contributed by atoms with Crippen LogP contribution in [0.1, 0.15) is 40.7 Å². The molecule has 7 heteroatoms. The van der Waals surface area contributed by atoms with Gasteiger partial charge in [-0.2, -0.15) is 4.31 Å². The van der Waals surface area contributed by atoms with Gasteiger partial charge in [0.25, 0.3) is 5.91 Å². The second-order valence-corrected chi connectivity index (χ2v) is 9.17. The first kappa shape index (κ1) is 21.3. The number of hydrogen-bond donors (Lipinski definition) is 1. The Morgan fingerprint density at radius 2 is 1.86 bits per heavy atom. The largest absolute Gasteiger partial charge is 0.496 e. The van der Waals surface area contributed by atoms with E-state index in [2.05, 4.69) is 5.32 Å². The van der Waals surface area contributed by atoms with Crippen LogP contribution in [0.25, 0.3) is 0 Å². The second-order valence-electron chi connectivity index (χ2n) is 7.26. The minimum absolute atomic E-state index is 0.223. The van der Waals surface area contributed by atoms with Crippen molar-refractivity contribution in [1.82, 2.24) is 9.62 Å². The number of aryl methyl sites for hydroxylation is 2. The monoisotopic (exact) mass is 416 g/mol. The quantitative estimate of drug-likeness (QED) is 0.671. The maximum atomic E-state index is 12.9. The molecule has 1 N–H and O–H groups in total. The van der Waals surface area contributed by atoms with Crippen LogP contribution in [0.4, 0.5) is 0 Å². The summed E-state index contributed by atoms with van der Waals surface area (Å²) in [4.78, 5) is 12.8. The van der Waals surface area contributed by atoms with Crippen molar-refractivity contribution in [3.05, 3.63) is 59.2 Å². The lowest BCUT2D eigenvalue weighted by Crippen LogP contribution is -2.29. The van der Waals surface area contributed by atoms with Gasteiger partial charge < -0.3 is 10.1 Å². The van der Waals surface area contributed by atoms with Crippen LogP contribution in [0.2, 0.25) is 0 Å². The van der Waals surface area contributed by atoms with Crippen molar-refractivity contribution in [2.24, 2.45) is 0 Å². The predicted octanol–water partition coefficient (Wildman–Crippen LogP) is 3.15. The standard InChI is InChI=1S/C22H28N2O4S/c1-17-11-12-19(16-21(17)29(26,27)24-14-5-6-15-24)22(25)23-13-7-9-18-8-3-4-10-20(18)28-2/h3-4,8,10-12,16H,5-7,9,13-15H2,1-2H3,(H,23,25). The van der Waals surface area contributed by atoms with Crippen molar-refractivity contribution in [2.45, 2.75) is 37.5 Å². The molecule has 0 aromatic heterocycles. The Hall–Kier alpha value is -2.38. The minimum Gasteiger partial charge on any atom is -0.496 e. The molecular formula is C22H28N2O4S. The molecule has 1 heterocycles. The molecule has 6 nitrogen and oxygen atoms in total. The normalized spacial score (nSPS) is 14.7. The average Bonchev–Trinajstić information content (AvgIpc) is 3.27. The van der Waals surface area contributed by atoms with Gasteiger partial charge in [0.2, 0.25) is 10.0 Å². The highest BCUT2D eigenvalue weighted by Gasteiger charge is 2.29. The van der Waals surface area contributed by atoms with Crippen LogP contribution in [0, 0.1) is 6.92 Å². The van der Waals surface area contributed by atoms with Crippen molar-refractivity contribution < 1.29 is 17.9 Å². The van der Waals surface area contributed by atoms with Crippen molar-refractivity contribution in [1.29, 1.82) is 0 Å². The SMILES string of the molecule is COc1ccccc1CCCNC(=O)c1ccc(C)c(S(=O)(=O)N2CCCC2)c1. The molecular weight excluding hydrogens is 388 g/mol. The zero-order chi connectivity index (χ0) is 20.9. The molecule has 29 heavy (non-hydrogen) atoms. The van der Waals surface area contributed by atoms with Gasteiger partial charge in [0.15, 0.2) is 0 Å². The van der Waals surface area contributed by atoms with E-state index in [1.165, 1.54) is 10.4 Å². The minimum atomic E-state index is -3.55. The van der Waals surface area contributed by atoms with Gasteiger partial charge in [0.05, 0.1) is 12.0 Å². The van der Waals surface area contributed by atoms with E-state index >= 15 is 0 Å².